The summed E-state index contributed by atoms with van der Waals surface area (Å²) in [6.45, 7) is 3.99. The number of rotatable bonds is 7. The number of Topliss-reactive ketones (excluding diaryl/α,β-unsaturated/α-hetero) is 1. The first kappa shape index (κ1) is 22.5. The maximum Gasteiger partial charge on any atom is 0.234 e. The van der Waals surface area contributed by atoms with Crippen LogP contribution in [0.1, 0.15) is 65.7 Å². The Bertz CT molecular complexity index is 946. The summed E-state index contributed by atoms with van der Waals surface area (Å²) in [6, 6.07) is 14.0. The lowest BCUT2D eigenvalue weighted by atomic mass is 9.89. The van der Waals surface area contributed by atoms with E-state index in [-0.39, 0.29) is 23.7 Å². The first-order chi connectivity index (χ1) is 15.5. The van der Waals surface area contributed by atoms with Gasteiger partial charge in [0.15, 0.2) is 5.78 Å². The molecule has 170 valence electrons. The van der Waals surface area contributed by atoms with E-state index in [1.165, 1.54) is 36.0 Å². The molecular formula is C27H34N2O3. The molecule has 0 bridgehead atoms. The van der Waals surface area contributed by atoms with Gasteiger partial charge >= 0.3 is 0 Å². The highest BCUT2D eigenvalue weighted by atomic mass is 16.5. The zero-order chi connectivity index (χ0) is 22.5. The number of likely N-dealkylation sites (tertiary alicyclic amines) is 1. The van der Waals surface area contributed by atoms with Crippen LogP contribution < -0.4 is 10.1 Å². The highest BCUT2D eigenvalue weighted by molar-refractivity contribution is 5.98. The summed E-state index contributed by atoms with van der Waals surface area (Å²) in [5.74, 6) is 1.03. The van der Waals surface area contributed by atoms with Crippen LogP contribution in [0, 0.1) is 5.92 Å². The van der Waals surface area contributed by atoms with Crippen LogP contribution in [0.3, 0.4) is 0 Å². The summed E-state index contributed by atoms with van der Waals surface area (Å²) >= 11 is 0. The molecule has 1 amide bonds. The van der Waals surface area contributed by atoms with Crippen molar-refractivity contribution in [2.24, 2.45) is 5.92 Å². The minimum Gasteiger partial charge on any atom is -0.497 e. The van der Waals surface area contributed by atoms with E-state index in [2.05, 4.69) is 35.3 Å². The summed E-state index contributed by atoms with van der Waals surface area (Å²) in [5, 5.41) is 3.16. The molecule has 2 aliphatic rings. The fourth-order valence-electron chi connectivity index (χ4n) is 4.94. The van der Waals surface area contributed by atoms with Gasteiger partial charge in [-0.15, -0.1) is 0 Å². The van der Waals surface area contributed by atoms with Crippen LogP contribution in [0.25, 0.3) is 0 Å². The topological polar surface area (TPSA) is 58.6 Å². The minimum atomic E-state index is 0.00363. The van der Waals surface area contributed by atoms with Gasteiger partial charge < -0.3 is 10.1 Å². The van der Waals surface area contributed by atoms with Crippen LogP contribution in [-0.4, -0.2) is 43.3 Å². The Morgan fingerprint density at radius 3 is 2.41 bits per heavy atom. The van der Waals surface area contributed by atoms with Gasteiger partial charge in [-0.3, -0.25) is 14.5 Å². The number of piperidine rings is 1. The van der Waals surface area contributed by atoms with Gasteiger partial charge in [-0.2, -0.15) is 0 Å². The fraction of sp³-hybridized carbons (Fsp3) is 0.481. The summed E-state index contributed by atoms with van der Waals surface area (Å²) in [5.41, 5.74) is 4.83. The minimum absolute atomic E-state index is 0.00363. The number of amides is 1. The molecule has 0 saturated carbocycles. The number of hydrogen-bond acceptors (Lipinski definition) is 4. The van der Waals surface area contributed by atoms with Gasteiger partial charge in [-0.1, -0.05) is 18.2 Å². The number of fused-ring (bicyclic) bond motifs is 1. The van der Waals surface area contributed by atoms with Crippen LogP contribution in [0.2, 0.25) is 0 Å². The van der Waals surface area contributed by atoms with E-state index in [0.717, 1.165) is 43.7 Å². The van der Waals surface area contributed by atoms with Crippen molar-refractivity contribution in [3.63, 3.8) is 0 Å². The molecule has 0 radical (unpaired) electrons. The van der Waals surface area contributed by atoms with Gasteiger partial charge in [0.1, 0.15) is 5.75 Å². The number of hydrogen-bond donors (Lipinski definition) is 1. The number of aryl methyl sites for hydroxylation is 2. The molecule has 2 aromatic carbocycles. The van der Waals surface area contributed by atoms with Crippen LogP contribution in [0.15, 0.2) is 42.5 Å². The zero-order valence-corrected chi connectivity index (χ0v) is 19.2. The van der Waals surface area contributed by atoms with E-state index in [0.29, 0.717) is 6.54 Å². The molecule has 0 aromatic heterocycles. The molecule has 4 rings (SSSR count). The van der Waals surface area contributed by atoms with Crippen molar-refractivity contribution in [1.29, 1.82) is 0 Å². The van der Waals surface area contributed by atoms with Crippen molar-refractivity contribution < 1.29 is 14.3 Å². The lowest BCUT2D eigenvalue weighted by Gasteiger charge is -2.31. The Morgan fingerprint density at radius 1 is 1.03 bits per heavy atom. The Morgan fingerprint density at radius 2 is 1.72 bits per heavy atom. The van der Waals surface area contributed by atoms with Gasteiger partial charge in [0, 0.05) is 11.5 Å². The highest BCUT2D eigenvalue weighted by Gasteiger charge is 2.27. The van der Waals surface area contributed by atoms with Crippen LogP contribution >= 0.6 is 0 Å². The molecule has 1 saturated heterocycles. The summed E-state index contributed by atoms with van der Waals surface area (Å²) < 4.78 is 5.17. The number of ketones is 1. The van der Waals surface area contributed by atoms with Crippen molar-refractivity contribution in [2.45, 2.75) is 51.5 Å². The molecule has 1 aliphatic carbocycles. The van der Waals surface area contributed by atoms with E-state index in [9.17, 15) is 9.59 Å². The Hall–Kier alpha value is -2.66. The summed E-state index contributed by atoms with van der Waals surface area (Å²) in [4.78, 5) is 27.6. The third kappa shape index (κ3) is 5.39. The molecule has 5 nitrogen and oxygen atoms in total. The van der Waals surface area contributed by atoms with Crippen molar-refractivity contribution in [2.75, 3.05) is 26.7 Å². The lowest BCUT2D eigenvalue weighted by molar-refractivity contribution is -0.123. The molecule has 0 spiro atoms. The molecule has 1 heterocycles. The van der Waals surface area contributed by atoms with Crippen molar-refractivity contribution >= 4 is 11.7 Å². The van der Waals surface area contributed by atoms with Crippen molar-refractivity contribution in [1.82, 2.24) is 10.2 Å². The van der Waals surface area contributed by atoms with Crippen LogP contribution in [-0.2, 0) is 17.6 Å². The van der Waals surface area contributed by atoms with Gasteiger partial charge in [-0.25, -0.2) is 0 Å². The monoisotopic (exact) mass is 434 g/mol. The van der Waals surface area contributed by atoms with E-state index >= 15 is 0 Å². The number of nitrogens with one attached hydrogen (secondary N) is 1. The summed E-state index contributed by atoms with van der Waals surface area (Å²) in [7, 11) is 1.62. The average molecular weight is 435 g/mol. The largest absolute Gasteiger partial charge is 0.497 e. The van der Waals surface area contributed by atoms with Crippen LogP contribution in [0.4, 0.5) is 0 Å². The predicted molar refractivity (Wildman–Crippen MR) is 126 cm³/mol. The number of ether oxygens (including phenoxy) is 1. The highest BCUT2D eigenvalue weighted by Crippen LogP contribution is 2.25. The second-order valence-corrected chi connectivity index (χ2v) is 9.17. The number of carbonyl (C=O) groups excluding carboxylic acids is 2. The first-order valence-corrected chi connectivity index (χ1v) is 11.8. The third-order valence-electron chi connectivity index (χ3n) is 6.95. The maximum absolute atomic E-state index is 12.8. The van der Waals surface area contributed by atoms with E-state index in [1.807, 2.05) is 24.3 Å². The average Bonchev–Trinajstić information content (AvgIpc) is 2.83. The Kier molecular flexibility index (Phi) is 7.26. The van der Waals surface area contributed by atoms with Gasteiger partial charge in [-0.05, 0) is 99.5 Å². The molecule has 1 atom stereocenters. The normalized spacial score (nSPS) is 17.9. The molecule has 5 heteroatoms. The van der Waals surface area contributed by atoms with Gasteiger partial charge in [0.25, 0.3) is 0 Å². The van der Waals surface area contributed by atoms with Crippen LogP contribution in [0.5, 0.6) is 5.75 Å². The van der Waals surface area contributed by atoms with Crippen molar-refractivity contribution in [3.05, 3.63) is 64.7 Å². The van der Waals surface area contributed by atoms with Gasteiger partial charge in [0.05, 0.1) is 19.7 Å². The molecule has 2 aromatic rings. The molecule has 1 aliphatic heterocycles. The fourth-order valence-corrected chi connectivity index (χ4v) is 4.94. The Balaban J connectivity index is 1.24. The number of nitrogens with zero attached hydrogens (tertiary/aromatic N) is 1. The molecule has 1 N–H and O–H groups in total. The number of carbonyl (C=O) groups is 2. The Labute approximate surface area is 191 Å². The molecule has 0 unspecified atom stereocenters. The van der Waals surface area contributed by atoms with E-state index in [4.69, 9.17) is 4.74 Å². The SMILES string of the molecule is COc1ccc(C(=O)C2CCN(CC(=O)N[C@@H](C)c3ccc4c(c3)CCCC4)CC2)cc1. The smallest absolute Gasteiger partial charge is 0.234 e. The predicted octanol–water partition coefficient (Wildman–Crippen LogP) is 4.35. The number of methoxy groups -OCH3 is 1. The zero-order valence-electron chi connectivity index (χ0n) is 19.2. The lowest BCUT2D eigenvalue weighted by Crippen LogP contribution is -2.43. The third-order valence-corrected chi connectivity index (χ3v) is 6.95. The number of benzene rings is 2. The molecule has 32 heavy (non-hydrogen) atoms. The first-order valence-electron chi connectivity index (χ1n) is 11.8. The standard InChI is InChI=1S/C27H34N2O3/c1-19(23-8-7-20-5-3-4-6-24(20)17-23)28-26(30)18-29-15-13-22(14-16-29)27(31)21-9-11-25(32-2)12-10-21/h7-12,17,19,22H,3-6,13-16,18H2,1-2H3,(H,28,30)/t19-/m0/s1. The molecule has 1 fully saturated rings. The van der Waals surface area contributed by atoms with Gasteiger partial charge in [0.2, 0.25) is 5.91 Å². The second kappa shape index (κ2) is 10.3. The van der Waals surface area contributed by atoms with Crippen molar-refractivity contribution in [3.8, 4) is 5.75 Å². The maximum atomic E-state index is 12.8. The van der Waals surface area contributed by atoms with E-state index < -0.39 is 0 Å². The van der Waals surface area contributed by atoms with E-state index in [1.54, 1.807) is 7.11 Å². The quantitative estimate of drug-likeness (QED) is 0.659. The summed E-state index contributed by atoms with van der Waals surface area (Å²) in [6.07, 6.45) is 6.44. The second-order valence-electron chi connectivity index (χ2n) is 9.17. The molecular weight excluding hydrogens is 400 g/mol.